The minimum Gasteiger partial charge on any atom is -0.397 e. The first kappa shape index (κ1) is 12.1. The van der Waals surface area contributed by atoms with Crippen LogP contribution in [0.25, 0.3) is 0 Å². The lowest BCUT2D eigenvalue weighted by molar-refractivity contribution is 0.756. The number of nitrogens with one attached hydrogen (secondary N) is 1. The number of hydrogen-bond acceptors (Lipinski definition) is 3. The summed E-state index contributed by atoms with van der Waals surface area (Å²) in [6.07, 6.45) is 1.87. The van der Waals surface area contributed by atoms with Gasteiger partial charge in [0.1, 0.15) is 0 Å². The SMILES string of the molecule is Cc1nn(C)cc1Nc1cc(Cl)c(Cl)cc1N. The van der Waals surface area contributed by atoms with E-state index in [1.165, 1.54) is 0 Å². The monoisotopic (exact) mass is 270 g/mol. The second kappa shape index (κ2) is 4.47. The molecule has 1 aromatic carbocycles. The predicted molar refractivity (Wildman–Crippen MR) is 72.1 cm³/mol. The molecule has 3 N–H and O–H groups in total. The number of nitrogens with zero attached hydrogens (tertiary/aromatic N) is 2. The highest BCUT2D eigenvalue weighted by Gasteiger charge is 2.08. The topological polar surface area (TPSA) is 55.9 Å². The van der Waals surface area contributed by atoms with Gasteiger partial charge in [0.05, 0.1) is 32.8 Å². The van der Waals surface area contributed by atoms with E-state index in [0.717, 1.165) is 17.1 Å². The Hall–Kier alpha value is -1.39. The van der Waals surface area contributed by atoms with E-state index < -0.39 is 0 Å². The average molecular weight is 271 g/mol. The molecule has 0 bridgehead atoms. The van der Waals surface area contributed by atoms with E-state index in [1.54, 1.807) is 16.8 Å². The van der Waals surface area contributed by atoms with Crippen LogP contribution in [0.5, 0.6) is 0 Å². The van der Waals surface area contributed by atoms with Gasteiger partial charge in [0.25, 0.3) is 0 Å². The molecule has 0 saturated heterocycles. The Morgan fingerprint density at radius 3 is 2.47 bits per heavy atom. The lowest BCUT2D eigenvalue weighted by Gasteiger charge is -2.09. The van der Waals surface area contributed by atoms with E-state index in [2.05, 4.69) is 10.4 Å². The quantitative estimate of drug-likeness (QED) is 0.823. The van der Waals surface area contributed by atoms with Crippen LogP contribution >= 0.6 is 23.2 Å². The Morgan fingerprint density at radius 1 is 1.24 bits per heavy atom. The summed E-state index contributed by atoms with van der Waals surface area (Å²) in [5.74, 6) is 0. The second-order valence-electron chi connectivity index (χ2n) is 3.78. The molecule has 90 valence electrons. The predicted octanol–water partition coefficient (Wildman–Crippen LogP) is 3.36. The lowest BCUT2D eigenvalue weighted by atomic mass is 10.2. The van der Waals surface area contributed by atoms with Gasteiger partial charge < -0.3 is 11.1 Å². The molecule has 0 aliphatic carbocycles. The average Bonchev–Trinajstić information content (AvgIpc) is 2.54. The highest BCUT2D eigenvalue weighted by Crippen LogP contribution is 2.32. The maximum absolute atomic E-state index is 5.95. The van der Waals surface area contributed by atoms with Crippen LogP contribution in [-0.2, 0) is 7.05 Å². The van der Waals surface area contributed by atoms with Crippen molar-refractivity contribution in [2.75, 3.05) is 11.1 Å². The molecule has 0 fully saturated rings. The maximum Gasteiger partial charge on any atom is 0.0828 e. The molecule has 0 radical (unpaired) electrons. The molecule has 0 spiro atoms. The first-order valence-corrected chi connectivity index (χ1v) is 5.74. The van der Waals surface area contributed by atoms with Crippen molar-refractivity contribution in [1.29, 1.82) is 0 Å². The van der Waals surface area contributed by atoms with Gasteiger partial charge in [0.2, 0.25) is 0 Å². The number of nitrogen functional groups attached to an aromatic ring is 1. The van der Waals surface area contributed by atoms with Crippen LogP contribution in [0, 0.1) is 6.92 Å². The number of hydrogen-bond donors (Lipinski definition) is 2. The van der Waals surface area contributed by atoms with Crippen molar-refractivity contribution >= 4 is 40.3 Å². The summed E-state index contributed by atoms with van der Waals surface area (Å²) < 4.78 is 1.73. The number of nitrogens with two attached hydrogens (primary N) is 1. The van der Waals surface area contributed by atoms with Crippen LogP contribution < -0.4 is 11.1 Å². The third kappa shape index (κ3) is 2.48. The highest BCUT2D eigenvalue weighted by molar-refractivity contribution is 6.42. The van der Waals surface area contributed by atoms with Crippen molar-refractivity contribution in [2.45, 2.75) is 6.92 Å². The van der Waals surface area contributed by atoms with Gasteiger partial charge in [0, 0.05) is 13.2 Å². The molecule has 1 heterocycles. The van der Waals surface area contributed by atoms with Crippen LogP contribution in [0.2, 0.25) is 10.0 Å². The number of aromatic nitrogens is 2. The van der Waals surface area contributed by atoms with Gasteiger partial charge in [-0.2, -0.15) is 5.10 Å². The van der Waals surface area contributed by atoms with Gasteiger partial charge in [-0.15, -0.1) is 0 Å². The molecule has 17 heavy (non-hydrogen) atoms. The van der Waals surface area contributed by atoms with Gasteiger partial charge in [0.15, 0.2) is 0 Å². The van der Waals surface area contributed by atoms with Crippen LogP contribution in [-0.4, -0.2) is 9.78 Å². The van der Waals surface area contributed by atoms with E-state index in [0.29, 0.717) is 15.7 Å². The highest BCUT2D eigenvalue weighted by atomic mass is 35.5. The molecule has 6 heteroatoms. The summed E-state index contributed by atoms with van der Waals surface area (Å²) in [6, 6.07) is 3.32. The van der Waals surface area contributed by atoms with Gasteiger partial charge in [-0.05, 0) is 19.1 Å². The van der Waals surface area contributed by atoms with Crippen molar-refractivity contribution in [3.8, 4) is 0 Å². The summed E-state index contributed by atoms with van der Waals surface area (Å²) in [4.78, 5) is 0. The van der Waals surface area contributed by atoms with Crippen LogP contribution in [0.15, 0.2) is 18.3 Å². The van der Waals surface area contributed by atoms with E-state index in [-0.39, 0.29) is 0 Å². The van der Waals surface area contributed by atoms with E-state index in [9.17, 15) is 0 Å². The van der Waals surface area contributed by atoms with Gasteiger partial charge in [-0.25, -0.2) is 0 Å². The number of aryl methyl sites for hydroxylation is 2. The normalized spacial score (nSPS) is 10.6. The third-order valence-electron chi connectivity index (χ3n) is 2.38. The first-order chi connectivity index (χ1) is 7.97. The van der Waals surface area contributed by atoms with E-state index in [4.69, 9.17) is 28.9 Å². The fourth-order valence-corrected chi connectivity index (χ4v) is 1.87. The largest absolute Gasteiger partial charge is 0.397 e. The van der Waals surface area contributed by atoms with Gasteiger partial charge in [-0.3, -0.25) is 4.68 Å². The molecule has 0 aliphatic rings. The van der Waals surface area contributed by atoms with Gasteiger partial charge in [-0.1, -0.05) is 23.2 Å². The summed E-state index contributed by atoms with van der Waals surface area (Å²) in [7, 11) is 1.86. The summed E-state index contributed by atoms with van der Waals surface area (Å²) in [6.45, 7) is 1.91. The summed E-state index contributed by atoms with van der Waals surface area (Å²) >= 11 is 11.8. The Bertz CT molecular complexity index is 563. The molecular formula is C11H12Cl2N4. The zero-order chi connectivity index (χ0) is 12.6. The molecule has 2 aromatic rings. The van der Waals surface area contributed by atoms with Crippen molar-refractivity contribution in [3.05, 3.63) is 34.1 Å². The summed E-state index contributed by atoms with van der Waals surface area (Å²) in [5, 5.41) is 8.31. The Morgan fingerprint density at radius 2 is 1.88 bits per heavy atom. The fourth-order valence-electron chi connectivity index (χ4n) is 1.54. The maximum atomic E-state index is 5.95. The number of rotatable bonds is 2. The Balaban J connectivity index is 2.36. The van der Waals surface area contributed by atoms with Crippen LogP contribution in [0.3, 0.4) is 0 Å². The second-order valence-corrected chi connectivity index (χ2v) is 4.59. The molecule has 0 atom stereocenters. The van der Waals surface area contributed by atoms with Crippen LogP contribution in [0.1, 0.15) is 5.69 Å². The minimum atomic E-state index is 0.442. The standard InChI is InChI=1S/C11H12Cl2N4/c1-6-11(5-17(2)16-6)15-10-4-8(13)7(12)3-9(10)14/h3-5,15H,14H2,1-2H3. The van der Waals surface area contributed by atoms with Crippen molar-refractivity contribution in [3.63, 3.8) is 0 Å². The molecule has 2 rings (SSSR count). The molecule has 0 saturated carbocycles. The molecule has 0 amide bonds. The molecular weight excluding hydrogens is 259 g/mol. The van der Waals surface area contributed by atoms with Crippen molar-refractivity contribution in [2.24, 2.45) is 7.05 Å². The minimum absolute atomic E-state index is 0.442. The molecule has 4 nitrogen and oxygen atoms in total. The number of halogens is 2. The third-order valence-corrected chi connectivity index (χ3v) is 3.10. The fraction of sp³-hybridized carbons (Fsp3) is 0.182. The molecule has 0 aliphatic heterocycles. The smallest absolute Gasteiger partial charge is 0.0828 e. The Kier molecular flexibility index (Phi) is 3.17. The first-order valence-electron chi connectivity index (χ1n) is 4.99. The van der Waals surface area contributed by atoms with Crippen molar-refractivity contribution < 1.29 is 0 Å². The zero-order valence-electron chi connectivity index (χ0n) is 9.46. The molecule has 1 aromatic heterocycles. The number of benzene rings is 1. The zero-order valence-corrected chi connectivity index (χ0v) is 11.0. The number of anilines is 3. The van der Waals surface area contributed by atoms with Gasteiger partial charge >= 0.3 is 0 Å². The van der Waals surface area contributed by atoms with Crippen LogP contribution in [0.4, 0.5) is 17.1 Å². The summed E-state index contributed by atoms with van der Waals surface area (Å²) in [5.41, 5.74) is 8.90. The Labute approximate surface area is 109 Å². The molecule has 0 unspecified atom stereocenters. The van der Waals surface area contributed by atoms with E-state index >= 15 is 0 Å². The van der Waals surface area contributed by atoms with Crippen molar-refractivity contribution in [1.82, 2.24) is 9.78 Å². The lowest BCUT2D eigenvalue weighted by Crippen LogP contribution is -1.97. The van der Waals surface area contributed by atoms with E-state index in [1.807, 2.05) is 20.2 Å².